The van der Waals surface area contributed by atoms with Crippen LogP contribution in [0.15, 0.2) is 21.6 Å². The van der Waals surface area contributed by atoms with E-state index in [4.69, 9.17) is 0 Å². The minimum absolute atomic E-state index is 0.597. The predicted octanol–water partition coefficient (Wildman–Crippen LogP) is 6.80. The first kappa shape index (κ1) is 16.0. The van der Waals surface area contributed by atoms with Gasteiger partial charge in [0.25, 0.3) is 0 Å². The van der Waals surface area contributed by atoms with Crippen LogP contribution in [-0.2, 0) is 0 Å². The van der Waals surface area contributed by atoms with Crippen LogP contribution >= 0.6 is 31.9 Å². The van der Waals surface area contributed by atoms with Crippen LogP contribution in [0.2, 0.25) is 0 Å². The summed E-state index contributed by atoms with van der Waals surface area (Å²) in [6.07, 6.45) is 4.54. The molecule has 0 radical (unpaired) electrons. The summed E-state index contributed by atoms with van der Waals surface area (Å²) in [5.41, 5.74) is 4.28. The van der Waals surface area contributed by atoms with E-state index in [9.17, 15) is 0 Å². The number of halogens is 2. The predicted molar refractivity (Wildman–Crippen MR) is 89.7 cm³/mol. The van der Waals surface area contributed by atoms with Gasteiger partial charge in [-0.15, -0.1) is 0 Å². The van der Waals surface area contributed by atoms with Crippen LogP contribution in [-0.4, -0.2) is 0 Å². The molecule has 0 unspecified atom stereocenters. The number of hydrogen-bond donors (Lipinski definition) is 0. The zero-order valence-corrected chi connectivity index (χ0v) is 14.8. The van der Waals surface area contributed by atoms with Crippen LogP contribution in [0.5, 0.6) is 0 Å². The number of hydrogen-bond acceptors (Lipinski definition) is 0. The van der Waals surface area contributed by atoms with Gasteiger partial charge in [0.15, 0.2) is 0 Å². The highest BCUT2D eigenvalue weighted by molar-refractivity contribution is 9.28. The summed E-state index contributed by atoms with van der Waals surface area (Å²) in [6.45, 7) is 9.10. The lowest BCUT2D eigenvalue weighted by atomic mass is 9.86. The van der Waals surface area contributed by atoms with Crippen molar-refractivity contribution in [3.05, 3.63) is 38.3 Å². The lowest BCUT2D eigenvalue weighted by Crippen LogP contribution is -2.02. The summed E-state index contributed by atoms with van der Waals surface area (Å²) in [6, 6.07) is 6.71. The second-order valence-electron chi connectivity index (χ2n) is 4.90. The fourth-order valence-electron chi connectivity index (χ4n) is 2.18. The second-order valence-corrected chi connectivity index (χ2v) is 7.68. The van der Waals surface area contributed by atoms with Crippen LogP contribution < -0.4 is 0 Å². The first-order valence-corrected chi connectivity index (χ1v) is 8.25. The van der Waals surface area contributed by atoms with Gasteiger partial charge < -0.3 is 0 Å². The highest BCUT2D eigenvalue weighted by Gasteiger charge is 2.14. The zero-order valence-electron chi connectivity index (χ0n) is 11.6. The summed E-state index contributed by atoms with van der Waals surface area (Å²) in [7, 11) is 0. The van der Waals surface area contributed by atoms with Crippen LogP contribution in [0.3, 0.4) is 0 Å². The molecule has 0 nitrogen and oxygen atoms in total. The molecule has 1 rings (SSSR count). The van der Waals surface area contributed by atoms with E-state index in [1.807, 2.05) is 0 Å². The maximum absolute atomic E-state index is 3.50. The smallest absolute Gasteiger partial charge is 0.0610 e. The average molecular weight is 374 g/mol. The zero-order chi connectivity index (χ0) is 13.7. The molecule has 0 bridgehead atoms. The summed E-state index contributed by atoms with van der Waals surface area (Å²) in [5.74, 6) is 1.19. The van der Waals surface area contributed by atoms with Crippen LogP contribution in [0.4, 0.5) is 0 Å². The number of rotatable bonds is 5. The highest BCUT2D eigenvalue weighted by Crippen LogP contribution is 2.33. The van der Waals surface area contributed by atoms with E-state index in [2.05, 4.69) is 83.8 Å². The van der Waals surface area contributed by atoms with Crippen LogP contribution in [0, 0.1) is 0 Å². The Hall–Kier alpha value is -0.0800. The molecule has 0 N–H and O–H groups in total. The molecule has 1 aromatic rings. The van der Waals surface area contributed by atoms with Crippen molar-refractivity contribution in [2.24, 2.45) is 0 Å². The first-order valence-electron chi connectivity index (χ1n) is 6.66. The average Bonchev–Trinajstić information content (AvgIpc) is 2.36. The van der Waals surface area contributed by atoms with Crippen molar-refractivity contribution < 1.29 is 0 Å². The molecule has 0 aromatic heterocycles. The quantitative estimate of drug-likeness (QED) is 0.532. The van der Waals surface area contributed by atoms with E-state index in [0.717, 1.165) is 3.39 Å². The molecule has 0 fully saturated rings. The first-order chi connectivity index (χ1) is 8.51. The Labute approximate surface area is 128 Å². The third kappa shape index (κ3) is 3.96. The monoisotopic (exact) mass is 372 g/mol. The lowest BCUT2D eigenvalue weighted by molar-refractivity contribution is 0.708. The molecule has 0 heterocycles. The van der Waals surface area contributed by atoms with Crippen molar-refractivity contribution in [3.8, 4) is 0 Å². The van der Waals surface area contributed by atoms with Gasteiger partial charge in [-0.3, -0.25) is 0 Å². The van der Waals surface area contributed by atoms with Gasteiger partial charge in [-0.05, 0) is 79.3 Å². The van der Waals surface area contributed by atoms with E-state index >= 15 is 0 Å². The maximum atomic E-state index is 3.50. The summed E-state index contributed by atoms with van der Waals surface area (Å²) in [4.78, 5) is 0. The standard InChI is InChI=1S/C16H22Br2/c1-5-11(3)13-8-7-9-14(12(4)6-2)15(13)10-16(17)18/h7-12H,5-6H2,1-4H3/t11-,12+. The van der Waals surface area contributed by atoms with Crippen molar-refractivity contribution >= 4 is 37.9 Å². The fourth-order valence-corrected chi connectivity index (χ4v) is 2.63. The van der Waals surface area contributed by atoms with E-state index in [1.165, 1.54) is 29.5 Å². The Bertz CT molecular complexity index is 389. The molecule has 2 heteroatoms. The SMILES string of the molecule is CC[C@@H](C)c1cccc([C@@H](C)CC)c1C=C(Br)Br. The van der Waals surface area contributed by atoms with E-state index in [-0.39, 0.29) is 0 Å². The fraction of sp³-hybridized carbons (Fsp3) is 0.500. The molecular formula is C16H22Br2. The third-order valence-corrected chi connectivity index (χ3v) is 4.17. The normalized spacial score (nSPS) is 14.1. The maximum Gasteiger partial charge on any atom is 0.0610 e. The summed E-state index contributed by atoms with van der Waals surface area (Å²) < 4.78 is 1.01. The minimum atomic E-state index is 0.597. The Kier molecular flexibility index (Phi) is 6.65. The van der Waals surface area contributed by atoms with Crippen molar-refractivity contribution in [3.63, 3.8) is 0 Å². The largest absolute Gasteiger partial charge is 0.0648 e. The lowest BCUT2D eigenvalue weighted by Gasteiger charge is -2.20. The Morgan fingerprint density at radius 1 is 1.06 bits per heavy atom. The van der Waals surface area contributed by atoms with Gasteiger partial charge in [0, 0.05) is 0 Å². The van der Waals surface area contributed by atoms with Gasteiger partial charge in [-0.1, -0.05) is 45.9 Å². The Morgan fingerprint density at radius 3 is 1.83 bits per heavy atom. The van der Waals surface area contributed by atoms with Crippen molar-refractivity contribution in [1.82, 2.24) is 0 Å². The molecule has 0 spiro atoms. The molecule has 0 aliphatic heterocycles. The molecular weight excluding hydrogens is 352 g/mol. The topological polar surface area (TPSA) is 0 Å². The molecule has 2 atom stereocenters. The van der Waals surface area contributed by atoms with Gasteiger partial charge in [0.05, 0.1) is 3.39 Å². The molecule has 1 aromatic carbocycles. The number of benzene rings is 1. The third-order valence-electron chi connectivity index (χ3n) is 3.71. The van der Waals surface area contributed by atoms with Crippen LogP contribution in [0.25, 0.3) is 6.08 Å². The molecule has 0 aliphatic rings. The van der Waals surface area contributed by atoms with Crippen molar-refractivity contribution in [2.45, 2.75) is 52.4 Å². The second kappa shape index (κ2) is 7.49. The summed E-state index contributed by atoms with van der Waals surface area (Å²) in [5, 5.41) is 0. The van der Waals surface area contributed by atoms with Gasteiger partial charge in [-0.2, -0.15) is 0 Å². The van der Waals surface area contributed by atoms with Crippen molar-refractivity contribution in [2.75, 3.05) is 0 Å². The molecule has 18 heavy (non-hydrogen) atoms. The van der Waals surface area contributed by atoms with Gasteiger partial charge in [0.2, 0.25) is 0 Å². The molecule has 0 saturated heterocycles. The van der Waals surface area contributed by atoms with Crippen LogP contribution in [0.1, 0.15) is 69.1 Å². The highest BCUT2D eigenvalue weighted by atomic mass is 79.9. The Morgan fingerprint density at radius 2 is 1.50 bits per heavy atom. The Balaban J connectivity index is 3.39. The van der Waals surface area contributed by atoms with E-state index in [0.29, 0.717) is 11.8 Å². The summed E-state index contributed by atoms with van der Waals surface area (Å²) >= 11 is 7.00. The van der Waals surface area contributed by atoms with Gasteiger partial charge in [0.1, 0.15) is 0 Å². The molecule has 100 valence electrons. The molecule has 0 saturated carbocycles. The van der Waals surface area contributed by atoms with E-state index < -0.39 is 0 Å². The van der Waals surface area contributed by atoms with Gasteiger partial charge >= 0.3 is 0 Å². The molecule has 0 amide bonds. The van der Waals surface area contributed by atoms with Gasteiger partial charge in [-0.25, -0.2) is 0 Å². The molecule has 0 aliphatic carbocycles. The minimum Gasteiger partial charge on any atom is -0.0648 e. The van der Waals surface area contributed by atoms with Crippen molar-refractivity contribution in [1.29, 1.82) is 0 Å². The van der Waals surface area contributed by atoms with E-state index in [1.54, 1.807) is 0 Å².